The lowest BCUT2D eigenvalue weighted by atomic mass is 10.1. The average Bonchev–Trinajstić information content (AvgIpc) is 2.77. The van der Waals surface area contributed by atoms with Crippen molar-refractivity contribution in [3.63, 3.8) is 0 Å². The van der Waals surface area contributed by atoms with Gasteiger partial charge in [0.25, 0.3) is 0 Å². The number of hydrogen-bond donors (Lipinski definition) is 3. The molecule has 0 radical (unpaired) electrons. The molecule has 2 aromatic rings. The highest BCUT2D eigenvalue weighted by Gasteiger charge is 2.02. The van der Waals surface area contributed by atoms with E-state index in [2.05, 4.69) is 39.4 Å². The van der Waals surface area contributed by atoms with E-state index in [4.69, 9.17) is 11.1 Å². The molecule has 0 unspecified atom stereocenters. The Labute approximate surface area is 116 Å². The molecule has 0 aliphatic rings. The summed E-state index contributed by atoms with van der Waals surface area (Å²) in [5.41, 5.74) is 7.75. The molecule has 0 spiro atoms. The molecule has 100 valence electrons. The Hall–Kier alpha value is -1.82. The molecule has 0 saturated carbocycles. The van der Waals surface area contributed by atoms with Gasteiger partial charge in [0.15, 0.2) is 11.0 Å². The number of nitrogens with zero attached hydrogens (tertiary/aromatic N) is 2. The number of H-pyrrole nitrogens is 1. The van der Waals surface area contributed by atoms with E-state index in [9.17, 15) is 0 Å². The first-order valence-corrected chi connectivity index (χ1v) is 7.04. The molecule has 0 fully saturated rings. The van der Waals surface area contributed by atoms with E-state index in [0.29, 0.717) is 0 Å². The Morgan fingerprint density at radius 1 is 1.32 bits per heavy atom. The molecule has 19 heavy (non-hydrogen) atoms. The minimum Gasteiger partial charge on any atom is -0.379 e. The third-order valence-electron chi connectivity index (χ3n) is 2.68. The summed E-state index contributed by atoms with van der Waals surface area (Å²) in [5, 5.41) is 14.3. The standard InChI is InChI=1S/C13H17N5S/c1-9-16-12(18-17-9)8-11-4-2-10(3-5-11)6-7-19-13(14)15/h2-5H,6-8H2,1H3,(H3,14,15)(H,16,17,18). The van der Waals surface area contributed by atoms with Crippen molar-refractivity contribution < 1.29 is 0 Å². The van der Waals surface area contributed by atoms with Crippen LogP contribution in [0.25, 0.3) is 0 Å². The van der Waals surface area contributed by atoms with Gasteiger partial charge in [-0.2, -0.15) is 5.10 Å². The molecule has 0 aliphatic heterocycles. The van der Waals surface area contributed by atoms with Crippen LogP contribution in [0, 0.1) is 12.3 Å². The lowest BCUT2D eigenvalue weighted by Crippen LogP contribution is -2.05. The number of nitrogens with one attached hydrogen (secondary N) is 2. The third-order valence-corrected chi connectivity index (χ3v) is 3.40. The van der Waals surface area contributed by atoms with Crippen LogP contribution < -0.4 is 5.73 Å². The van der Waals surface area contributed by atoms with Crippen LogP contribution in [0.15, 0.2) is 24.3 Å². The number of thioether (sulfide) groups is 1. The quantitative estimate of drug-likeness (QED) is 0.574. The zero-order valence-corrected chi connectivity index (χ0v) is 11.6. The predicted molar refractivity (Wildman–Crippen MR) is 78.4 cm³/mol. The molecular formula is C13H17N5S. The van der Waals surface area contributed by atoms with Crippen molar-refractivity contribution in [2.45, 2.75) is 19.8 Å². The van der Waals surface area contributed by atoms with Crippen molar-refractivity contribution >= 4 is 16.9 Å². The highest BCUT2D eigenvalue weighted by molar-refractivity contribution is 8.13. The summed E-state index contributed by atoms with van der Waals surface area (Å²) in [6.07, 6.45) is 1.66. The number of benzene rings is 1. The lowest BCUT2D eigenvalue weighted by Gasteiger charge is -2.02. The lowest BCUT2D eigenvalue weighted by molar-refractivity contribution is 0.968. The molecule has 5 nitrogen and oxygen atoms in total. The molecule has 2 rings (SSSR count). The van der Waals surface area contributed by atoms with Crippen molar-refractivity contribution in [2.24, 2.45) is 5.73 Å². The normalized spacial score (nSPS) is 10.6. The molecular weight excluding hydrogens is 258 g/mol. The van der Waals surface area contributed by atoms with Crippen molar-refractivity contribution in [1.82, 2.24) is 15.2 Å². The first-order valence-electron chi connectivity index (χ1n) is 6.06. The van der Waals surface area contributed by atoms with E-state index < -0.39 is 0 Å². The molecule has 1 aromatic carbocycles. The summed E-state index contributed by atoms with van der Waals surface area (Å²) in [7, 11) is 0. The van der Waals surface area contributed by atoms with Crippen LogP contribution in [0.4, 0.5) is 0 Å². The van der Waals surface area contributed by atoms with Gasteiger partial charge in [0.1, 0.15) is 5.82 Å². The molecule has 0 atom stereocenters. The smallest absolute Gasteiger partial charge is 0.155 e. The maximum atomic E-state index is 7.15. The summed E-state index contributed by atoms with van der Waals surface area (Å²) in [5.74, 6) is 2.50. The Bertz CT molecular complexity index is 546. The Balaban J connectivity index is 1.89. The second-order valence-corrected chi connectivity index (χ2v) is 5.43. The van der Waals surface area contributed by atoms with Gasteiger partial charge in [-0.15, -0.1) is 0 Å². The van der Waals surface area contributed by atoms with E-state index >= 15 is 0 Å². The maximum Gasteiger partial charge on any atom is 0.155 e. The minimum atomic E-state index is 0.177. The number of aryl methyl sites for hydroxylation is 2. The van der Waals surface area contributed by atoms with Crippen molar-refractivity contribution in [2.75, 3.05) is 5.75 Å². The average molecular weight is 275 g/mol. The maximum absolute atomic E-state index is 7.15. The molecule has 0 amide bonds. The second-order valence-electron chi connectivity index (χ2n) is 4.29. The fourth-order valence-electron chi connectivity index (χ4n) is 1.75. The Kier molecular flexibility index (Phi) is 4.57. The third kappa shape index (κ3) is 4.40. The number of nitrogens with two attached hydrogens (primary N) is 1. The van der Waals surface area contributed by atoms with Crippen LogP contribution in [0.3, 0.4) is 0 Å². The van der Waals surface area contributed by atoms with Crippen LogP contribution in [-0.4, -0.2) is 26.1 Å². The fraction of sp³-hybridized carbons (Fsp3) is 0.308. The highest BCUT2D eigenvalue weighted by atomic mass is 32.2. The Morgan fingerprint density at radius 2 is 2.00 bits per heavy atom. The number of aromatic nitrogens is 3. The largest absolute Gasteiger partial charge is 0.379 e. The molecule has 1 heterocycles. The van der Waals surface area contributed by atoms with Crippen LogP contribution in [0.2, 0.25) is 0 Å². The summed E-state index contributed by atoms with van der Waals surface area (Å²) in [4.78, 5) is 4.29. The van der Waals surface area contributed by atoms with Gasteiger partial charge in [-0.25, -0.2) is 4.98 Å². The summed E-state index contributed by atoms with van der Waals surface area (Å²) in [6, 6.07) is 8.41. The van der Waals surface area contributed by atoms with Crippen LogP contribution in [0.5, 0.6) is 0 Å². The second kappa shape index (κ2) is 6.38. The molecule has 0 bridgehead atoms. The van der Waals surface area contributed by atoms with Gasteiger partial charge in [0, 0.05) is 12.2 Å². The van der Waals surface area contributed by atoms with Crippen molar-refractivity contribution in [3.05, 3.63) is 47.0 Å². The fourth-order valence-corrected chi connectivity index (χ4v) is 2.31. The SMILES string of the molecule is Cc1nc(Cc2ccc(CCSC(=N)N)cc2)n[nH]1. The summed E-state index contributed by atoms with van der Waals surface area (Å²) < 4.78 is 0. The first-order chi connectivity index (χ1) is 9.13. The summed E-state index contributed by atoms with van der Waals surface area (Å²) in [6.45, 7) is 1.90. The zero-order valence-electron chi connectivity index (χ0n) is 10.8. The van der Waals surface area contributed by atoms with E-state index in [-0.39, 0.29) is 5.17 Å². The number of amidine groups is 1. The van der Waals surface area contributed by atoms with Gasteiger partial charge in [-0.1, -0.05) is 36.0 Å². The van der Waals surface area contributed by atoms with Gasteiger partial charge in [0.2, 0.25) is 0 Å². The van der Waals surface area contributed by atoms with E-state index in [1.165, 1.54) is 22.9 Å². The van der Waals surface area contributed by atoms with Gasteiger partial charge in [-0.05, 0) is 24.5 Å². The number of aromatic amines is 1. The van der Waals surface area contributed by atoms with Crippen molar-refractivity contribution in [1.29, 1.82) is 5.41 Å². The Morgan fingerprint density at radius 3 is 2.58 bits per heavy atom. The van der Waals surface area contributed by atoms with Gasteiger partial charge < -0.3 is 5.73 Å². The molecule has 0 saturated heterocycles. The topological polar surface area (TPSA) is 91.4 Å². The minimum absolute atomic E-state index is 0.177. The first kappa shape index (κ1) is 13.6. The summed E-state index contributed by atoms with van der Waals surface area (Å²) >= 11 is 1.37. The van der Waals surface area contributed by atoms with E-state index in [1.54, 1.807) is 0 Å². The highest BCUT2D eigenvalue weighted by Crippen LogP contribution is 2.11. The van der Waals surface area contributed by atoms with Gasteiger partial charge in [0.05, 0.1) is 0 Å². The van der Waals surface area contributed by atoms with E-state index in [1.807, 2.05) is 6.92 Å². The molecule has 6 heteroatoms. The zero-order chi connectivity index (χ0) is 13.7. The van der Waals surface area contributed by atoms with Gasteiger partial charge >= 0.3 is 0 Å². The van der Waals surface area contributed by atoms with Crippen molar-refractivity contribution in [3.8, 4) is 0 Å². The van der Waals surface area contributed by atoms with Crippen LogP contribution in [0.1, 0.15) is 22.8 Å². The number of hydrogen-bond acceptors (Lipinski definition) is 4. The van der Waals surface area contributed by atoms with E-state index in [0.717, 1.165) is 30.2 Å². The van der Waals surface area contributed by atoms with Crippen LogP contribution in [-0.2, 0) is 12.8 Å². The van der Waals surface area contributed by atoms with Gasteiger partial charge in [-0.3, -0.25) is 10.5 Å². The van der Waals surface area contributed by atoms with Crippen LogP contribution >= 0.6 is 11.8 Å². The molecule has 4 N–H and O–H groups in total. The monoisotopic (exact) mass is 275 g/mol. The predicted octanol–water partition coefficient (Wildman–Crippen LogP) is 1.87. The number of rotatable bonds is 5. The molecule has 1 aromatic heterocycles. The molecule has 0 aliphatic carbocycles.